The van der Waals surface area contributed by atoms with Crippen LogP contribution in [0, 0.1) is 0 Å². The Labute approximate surface area is 136 Å². The summed E-state index contributed by atoms with van der Waals surface area (Å²) >= 11 is 0. The predicted molar refractivity (Wildman–Crippen MR) is 90.9 cm³/mol. The average Bonchev–Trinajstić information content (AvgIpc) is 2.89. The average molecular weight is 316 g/mol. The Bertz CT molecular complexity index is 718. The molecule has 6 heteroatoms. The molecule has 1 atom stereocenters. The number of rotatable bonds is 5. The molecular weight excluding hydrogens is 292 g/mol. The molecule has 0 radical (unpaired) electrons. The van der Waals surface area contributed by atoms with Crippen molar-refractivity contribution in [2.45, 2.75) is 31.8 Å². The number of nitrogens with two attached hydrogens (primary N) is 1. The van der Waals surface area contributed by atoms with Gasteiger partial charge in [-0.05, 0) is 31.9 Å². The molecule has 0 unspecified atom stereocenters. The van der Waals surface area contributed by atoms with E-state index in [0.29, 0.717) is 6.42 Å². The van der Waals surface area contributed by atoms with E-state index in [1.165, 1.54) is 4.90 Å². The molecule has 1 aromatic carbocycles. The Morgan fingerprint density at radius 3 is 2.61 bits per heavy atom. The number of benzene rings is 1. The van der Waals surface area contributed by atoms with Gasteiger partial charge in [0.15, 0.2) is 0 Å². The van der Waals surface area contributed by atoms with Gasteiger partial charge in [-0.3, -0.25) is 9.59 Å². The van der Waals surface area contributed by atoms with Crippen LogP contribution in [-0.2, 0) is 16.0 Å². The van der Waals surface area contributed by atoms with Crippen molar-refractivity contribution in [3.8, 4) is 0 Å². The molecular formula is C17H24N4O2. The lowest BCUT2D eigenvalue weighted by molar-refractivity contribution is -0.138. The maximum absolute atomic E-state index is 12.3. The third-order valence-corrected chi connectivity index (χ3v) is 3.83. The molecule has 0 fully saturated rings. The SMILES string of the molecule is CN(C)C(=O)C(C)(C)NC(=O)[C@H](N)Cc1c[nH]c2ccccc12. The normalized spacial score (nSPS) is 12.9. The summed E-state index contributed by atoms with van der Waals surface area (Å²) < 4.78 is 0. The molecule has 0 aliphatic carbocycles. The molecule has 4 N–H and O–H groups in total. The smallest absolute Gasteiger partial charge is 0.247 e. The molecule has 2 rings (SSSR count). The number of carbonyl (C=O) groups is 2. The minimum atomic E-state index is -0.988. The maximum atomic E-state index is 12.3. The van der Waals surface area contributed by atoms with Crippen LogP contribution in [0.3, 0.4) is 0 Å². The molecule has 0 aliphatic heterocycles. The number of nitrogens with zero attached hydrogens (tertiary/aromatic N) is 1. The van der Waals surface area contributed by atoms with Crippen LogP contribution in [0.2, 0.25) is 0 Å². The molecule has 2 aromatic rings. The van der Waals surface area contributed by atoms with Gasteiger partial charge in [0.2, 0.25) is 11.8 Å². The number of carbonyl (C=O) groups excluding carboxylic acids is 2. The third-order valence-electron chi connectivity index (χ3n) is 3.83. The quantitative estimate of drug-likeness (QED) is 0.769. The van der Waals surface area contributed by atoms with Gasteiger partial charge in [-0.15, -0.1) is 0 Å². The minimum absolute atomic E-state index is 0.176. The van der Waals surface area contributed by atoms with Crippen molar-refractivity contribution >= 4 is 22.7 Å². The number of fused-ring (bicyclic) bond motifs is 1. The van der Waals surface area contributed by atoms with Gasteiger partial charge in [-0.2, -0.15) is 0 Å². The highest BCUT2D eigenvalue weighted by molar-refractivity contribution is 5.92. The summed E-state index contributed by atoms with van der Waals surface area (Å²) in [5.74, 6) is -0.513. The Morgan fingerprint density at radius 1 is 1.30 bits per heavy atom. The van der Waals surface area contributed by atoms with Gasteiger partial charge >= 0.3 is 0 Å². The van der Waals surface area contributed by atoms with E-state index in [0.717, 1.165) is 16.5 Å². The highest BCUT2D eigenvalue weighted by Gasteiger charge is 2.32. The molecule has 1 heterocycles. The summed E-state index contributed by atoms with van der Waals surface area (Å²) in [5.41, 5.74) is 7.04. The zero-order chi connectivity index (χ0) is 17.2. The lowest BCUT2D eigenvalue weighted by atomic mass is 10.0. The third kappa shape index (κ3) is 3.71. The molecule has 0 saturated heterocycles. The number of amides is 2. The fourth-order valence-corrected chi connectivity index (χ4v) is 2.64. The molecule has 2 amide bonds. The first kappa shape index (κ1) is 17.0. The molecule has 6 nitrogen and oxygen atoms in total. The van der Waals surface area contributed by atoms with Crippen molar-refractivity contribution in [1.29, 1.82) is 0 Å². The number of hydrogen-bond acceptors (Lipinski definition) is 3. The van der Waals surface area contributed by atoms with E-state index in [4.69, 9.17) is 5.73 Å². The topological polar surface area (TPSA) is 91.2 Å². The second kappa shape index (κ2) is 6.42. The van der Waals surface area contributed by atoms with Gasteiger partial charge in [0.05, 0.1) is 6.04 Å². The van der Waals surface area contributed by atoms with E-state index in [-0.39, 0.29) is 11.8 Å². The van der Waals surface area contributed by atoms with Crippen molar-refractivity contribution in [3.05, 3.63) is 36.0 Å². The molecule has 0 aliphatic rings. The second-order valence-corrected chi connectivity index (χ2v) is 6.48. The van der Waals surface area contributed by atoms with Gasteiger partial charge in [-0.25, -0.2) is 0 Å². The largest absolute Gasteiger partial charge is 0.361 e. The first-order valence-electron chi connectivity index (χ1n) is 7.56. The van der Waals surface area contributed by atoms with Crippen LogP contribution < -0.4 is 11.1 Å². The van der Waals surface area contributed by atoms with Gasteiger partial charge in [0.25, 0.3) is 0 Å². The highest BCUT2D eigenvalue weighted by Crippen LogP contribution is 2.19. The van der Waals surface area contributed by atoms with E-state index in [1.54, 1.807) is 27.9 Å². The monoisotopic (exact) mass is 316 g/mol. The van der Waals surface area contributed by atoms with E-state index < -0.39 is 11.6 Å². The molecule has 23 heavy (non-hydrogen) atoms. The van der Waals surface area contributed by atoms with E-state index in [1.807, 2.05) is 30.5 Å². The van der Waals surface area contributed by atoms with Gasteiger partial charge in [-0.1, -0.05) is 18.2 Å². The molecule has 124 valence electrons. The van der Waals surface area contributed by atoms with Crippen LogP contribution in [0.5, 0.6) is 0 Å². The number of hydrogen-bond donors (Lipinski definition) is 3. The number of likely N-dealkylation sites (N-methyl/N-ethyl adjacent to an activating group) is 1. The van der Waals surface area contributed by atoms with Crippen molar-refractivity contribution in [1.82, 2.24) is 15.2 Å². The Balaban J connectivity index is 2.07. The number of aromatic amines is 1. The van der Waals surface area contributed by atoms with Gasteiger partial charge in [0.1, 0.15) is 5.54 Å². The predicted octanol–water partition coefficient (Wildman–Crippen LogP) is 1.02. The van der Waals surface area contributed by atoms with Crippen LogP contribution in [0.25, 0.3) is 10.9 Å². The number of aromatic nitrogens is 1. The van der Waals surface area contributed by atoms with Crippen LogP contribution in [0.4, 0.5) is 0 Å². The molecule has 0 saturated carbocycles. The molecule has 1 aromatic heterocycles. The lowest BCUT2D eigenvalue weighted by Gasteiger charge is -2.29. The van der Waals surface area contributed by atoms with Crippen molar-refractivity contribution in [3.63, 3.8) is 0 Å². The zero-order valence-corrected chi connectivity index (χ0v) is 14.0. The van der Waals surface area contributed by atoms with E-state index in [9.17, 15) is 9.59 Å². The van der Waals surface area contributed by atoms with Crippen molar-refractivity contribution < 1.29 is 9.59 Å². The van der Waals surface area contributed by atoms with Gasteiger partial charge in [0, 0.05) is 31.2 Å². The standard InChI is InChI=1S/C17H24N4O2/c1-17(2,16(23)21(3)4)20-15(22)13(18)9-11-10-19-14-8-6-5-7-12(11)14/h5-8,10,13,19H,9,18H2,1-4H3,(H,20,22)/t13-/m1/s1. The Kier molecular flexibility index (Phi) is 4.75. The fraction of sp³-hybridized carbons (Fsp3) is 0.412. The van der Waals surface area contributed by atoms with E-state index in [2.05, 4.69) is 10.3 Å². The first-order valence-corrected chi connectivity index (χ1v) is 7.56. The minimum Gasteiger partial charge on any atom is -0.361 e. The summed E-state index contributed by atoms with van der Waals surface area (Å²) in [6.07, 6.45) is 2.27. The number of nitrogens with one attached hydrogen (secondary N) is 2. The zero-order valence-electron chi connectivity index (χ0n) is 14.0. The second-order valence-electron chi connectivity index (χ2n) is 6.48. The van der Waals surface area contributed by atoms with Crippen LogP contribution in [-0.4, -0.2) is 47.4 Å². The summed E-state index contributed by atoms with van der Waals surface area (Å²) in [7, 11) is 3.31. The maximum Gasteiger partial charge on any atom is 0.247 e. The lowest BCUT2D eigenvalue weighted by Crippen LogP contribution is -2.58. The molecule has 0 spiro atoms. The van der Waals surface area contributed by atoms with Crippen molar-refractivity contribution in [2.75, 3.05) is 14.1 Å². The summed E-state index contributed by atoms with van der Waals surface area (Å²) in [4.78, 5) is 29.0. The van der Waals surface area contributed by atoms with Crippen molar-refractivity contribution in [2.24, 2.45) is 5.73 Å². The number of para-hydroxylation sites is 1. The molecule has 0 bridgehead atoms. The summed E-state index contributed by atoms with van der Waals surface area (Å²) in [6, 6.07) is 7.15. The Hall–Kier alpha value is -2.34. The number of H-pyrrole nitrogens is 1. The summed E-state index contributed by atoms with van der Waals surface area (Å²) in [6.45, 7) is 3.34. The fourth-order valence-electron chi connectivity index (χ4n) is 2.64. The van der Waals surface area contributed by atoms with Crippen LogP contribution in [0.1, 0.15) is 19.4 Å². The van der Waals surface area contributed by atoms with Crippen LogP contribution >= 0.6 is 0 Å². The summed E-state index contributed by atoms with van der Waals surface area (Å²) in [5, 5.41) is 3.79. The van der Waals surface area contributed by atoms with Crippen LogP contribution in [0.15, 0.2) is 30.5 Å². The highest BCUT2D eigenvalue weighted by atomic mass is 16.2. The van der Waals surface area contributed by atoms with Gasteiger partial charge < -0.3 is 20.9 Å². The Morgan fingerprint density at radius 2 is 1.96 bits per heavy atom. The first-order chi connectivity index (χ1) is 10.7. The van der Waals surface area contributed by atoms with E-state index >= 15 is 0 Å².